The van der Waals surface area contributed by atoms with Crippen molar-refractivity contribution in [1.82, 2.24) is 0 Å². The smallest absolute Gasteiger partial charge is 0.221 e. The number of ketones is 1. The van der Waals surface area contributed by atoms with Gasteiger partial charge in [-0.25, -0.2) is 0 Å². The molecule has 0 aliphatic carbocycles. The lowest BCUT2D eigenvalue weighted by Crippen LogP contribution is -2.10. The number of anilines is 1. The number of hydrogen-bond acceptors (Lipinski definition) is 5. The molecule has 30 heavy (non-hydrogen) atoms. The quantitative estimate of drug-likeness (QED) is 0.222. The lowest BCUT2D eigenvalue weighted by molar-refractivity contribution is -0.114. The second-order valence-electron chi connectivity index (χ2n) is 6.59. The summed E-state index contributed by atoms with van der Waals surface area (Å²) in [5.74, 6) is 1.48. The van der Waals surface area contributed by atoms with Crippen molar-refractivity contribution in [2.45, 2.75) is 32.8 Å². The minimum Gasteiger partial charge on any atom is -0.497 e. The van der Waals surface area contributed by atoms with Crippen molar-refractivity contribution in [2.75, 3.05) is 24.9 Å². The van der Waals surface area contributed by atoms with E-state index in [0.717, 1.165) is 23.7 Å². The van der Waals surface area contributed by atoms with E-state index in [0.29, 0.717) is 39.4 Å². The molecule has 0 bridgehead atoms. The summed E-state index contributed by atoms with van der Waals surface area (Å²) < 4.78 is 17.2. The molecule has 0 heterocycles. The highest BCUT2D eigenvalue weighted by Gasteiger charge is 2.17. The molecule has 0 saturated heterocycles. The molecule has 1 N–H and O–H groups in total. The molecule has 2 rings (SSSR count). The van der Waals surface area contributed by atoms with Crippen LogP contribution in [-0.2, 0) is 11.4 Å². The van der Waals surface area contributed by atoms with E-state index in [1.165, 1.54) is 6.92 Å². The van der Waals surface area contributed by atoms with Crippen LogP contribution in [0, 0.1) is 0 Å². The van der Waals surface area contributed by atoms with E-state index < -0.39 is 0 Å². The predicted molar refractivity (Wildman–Crippen MR) is 124 cm³/mol. The van der Waals surface area contributed by atoms with Crippen molar-refractivity contribution in [3.8, 4) is 17.2 Å². The summed E-state index contributed by atoms with van der Waals surface area (Å²) in [7, 11) is 3.16. The fourth-order valence-electron chi connectivity index (χ4n) is 2.80. The fraction of sp³-hybridized carbons (Fsp3) is 0.364. The van der Waals surface area contributed by atoms with E-state index in [1.54, 1.807) is 32.4 Å². The second kappa shape index (κ2) is 12.0. The molecule has 0 radical (unpaired) electrons. The van der Waals surface area contributed by atoms with Crippen LogP contribution < -0.4 is 19.5 Å². The van der Waals surface area contributed by atoms with Gasteiger partial charge in [0, 0.05) is 35.3 Å². The Labute approximate surface area is 193 Å². The molecule has 2 aromatic rings. The third-order valence-electron chi connectivity index (χ3n) is 4.27. The molecule has 8 heteroatoms. The molecule has 0 saturated carbocycles. The number of alkyl halides is 1. The van der Waals surface area contributed by atoms with E-state index >= 15 is 0 Å². The van der Waals surface area contributed by atoms with Crippen LogP contribution in [0.25, 0.3) is 0 Å². The number of carbonyl (C=O) groups excluding carboxylic acids is 2. The number of halogens is 2. The average molecular weight is 543 g/mol. The summed E-state index contributed by atoms with van der Waals surface area (Å²) in [5.41, 5.74) is 1.84. The summed E-state index contributed by atoms with van der Waals surface area (Å²) in [4.78, 5) is 24.3. The number of nitrogens with one attached hydrogen (secondary N) is 1. The molecule has 1 amide bonds. The number of Topliss-reactive ketones (excluding diaryl/α,β-unsaturated/α-hetero) is 1. The molecule has 0 fully saturated rings. The summed E-state index contributed by atoms with van der Waals surface area (Å²) in [6, 6.07) is 8.82. The number of amides is 1. The summed E-state index contributed by atoms with van der Waals surface area (Å²) in [6.45, 7) is 1.63. The zero-order chi connectivity index (χ0) is 22.1. The fourth-order valence-corrected chi connectivity index (χ4v) is 3.64. The SMILES string of the molecule is COc1cc(COc2cc(NC(C)=O)c(Br)cc2C(=O)CCCCBr)cc(OC)c1. The average Bonchev–Trinajstić information content (AvgIpc) is 2.73. The predicted octanol–water partition coefficient (Wildman–Crippen LogP) is 5.75. The lowest BCUT2D eigenvalue weighted by atomic mass is 10.0. The monoisotopic (exact) mass is 541 g/mol. The second-order valence-corrected chi connectivity index (χ2v) is 8.24. The number of hydrogen-bond donors (Lipinski definition) is 1. The molecule has 0 unspecified atom stereocenters. The summed E-state index contributed by atoms with van der Waals surface area (Å²) in [6.07, 6.45) is 2.11. The lowest BCUT2D eigenvalue weighted by Gasteiger charge is -2.15. The van der Waals surface area contributed by atoms with Crippen LogP contribution in [0.15, 0.2) is 34.8 Å². The third-order valence-corrected chi connectivity index (χ3v) is 5.49. The van der Waals surface area contributed by atoms with Crippen molar-refractivity contribution in [3.63, 3.8) is 0 Å². The van der Waals surface area contributed by atoms with E-state index in [4.69, 9.17) is 14.2 Å². The minimum absolute atomic E-state index is 0.00996. The van der Waals surface area contributed by atoms with Crippen molar-refractivity contribution in [2.24, 2.45) is 0 Å². The Morgan fingerprint density at radius 3 is 2.23 bits per heavy atom. The Balaban J connectivity index is 2.32. The van der Waals surface area contributed by atoms with Crippen LogP contribution in [0.5, 0.6) is 17.2 Å². The highest BCUT2D eigenvalue weighted by Crippen LogP contribution is 2.33. The van der Waals surface area contributed by atoms with Gasteiger partial charge in [0.05, 0.1) is 25.5 Å². The van der Waals surface area contributed by atoms with Crippen LogP contribution in [-0.4, -0.2) is 31.2 Å². The summed E-state index contributed by atoms with van der Waals surface area (Å²) >= 11 is 6.81. The molecule has 162 valence electrons. The standard InChI is InChI=1S/C22H25Br2NO5/c1-14(26)25-20-12-22(18(11-19(20)24)21(27)6-4-5-7-23)30-13-15-8-16(28-2)10-17(9-15)29-3/h8-12H,4-7,13H2,1-3H3,(H,25,26). The van der Waals surface area contributed by atoms with Crippen LogP contribution in [0.4, 0.5) is 5.69 Å². The van der Waals surface area contributed by atoms with Gasteiger partial charge in [-0.3, -0.25) is 9.59 Å². The number of rotatable bonds is 11. The largest absolute Gasteiger partial charge is 0.497 e. The van der Waals surface area contributed by atoms with E-state index in [1.807, 2.05) is 12.1 Å². The number of ether oxygens (including phenoxy) is 3. The number of carbonyl (C=O) groups is 2. The van der Waals surface area contributed by atoms with Gasteiger partial charge in [0.25, 0.3) is 0 Å². The number of unbranched alkanes of at least 4 members (excludes halogenated alkanes) is 1. The van der Waals surface area contributed by atoms with E-state index in [2.05, 4.69) is 37.2 Å². The van der Waals surface area contributed by atoms with Crippen LogP contribution >= 0.6 is 31.9 Å². The van der Waals surface area contributed by atoms with Gasteiger partial charge in [0.2, 0.25) is 5.91 Å². The first kappa shape index (κ1) is 24.2. The van der Waals surface area contributed by atoms with E-state index in [9.17, 15) is 9.59 Å². The highest BCUT2D eigenvalue weighted by atomic mass is 79.9. The Hall–Kier alpha value is -2.06. The maximum absolute atomic E-state index is 12.8. The highest BCUT2D eigenvalue weighted by molar-refractivity contribution is 9.10. The Morgan fingerprint density at radius 2 is 1.67 bits per heavy atom. The molecule has 0 aliphatic rings. The first-order valence-corrected chi connectivity index (χ1v) is 11.3. The number of methoxy groups -OCH3 is 2. The van der Waals surface area contributed by atoms with Crippen LogP contribution in [0.1, 0.15) is 42.1 Å². The zero-order valence-corrected chi connectivity index (χ0v) is 20.4. The Kier molecular flexibility index (Phi) is 9.65. The van der Waals surface area contributed by atoms with Crippen molar-refractivity contribution < 1.29 is 23.8 Å². The first-order chi connectivity index (χ1) is 14.4. The molecule has 0 aliphatic heterocycles. The Bertz CT molecular complexity index is 879. The topological polar surface area (TPSA) is 73.9 Å². The van der Waals surface area contributed by atoms with Gasteiger partial charge in [0.1, 0.15) is 23.9 Å². The molecule has 0 atom stereocenters. The van der Waals surface area contributed by atoms with Gasteiger partial charge in [-0.2, -0.15) is 0 Å². The van der Waals surface area contributed by atoms with Gasteiger partial charge in [0.15, 0.2) is 5.78 Å². The van der Waals surface area contributed by atoms with E-state index in [-0.39, 0.29) is 18.3 Å². The van der Waals surface area contributed by atoms with Gasteiger partial charge in [-0.05, 0) is 52.5 Å². The Morgan fingerprint density at radius 1 is 1.00 bits per heavy atom. The van der Waals surface area contributed by atoms with Crippen LogP contribution in [0.3, 0.4) is 0 Å². The van der Waals surface area contributed by atoms with Crippen molar-refractivity contribution >= 4 is 49.2 Å². The first-order valence-electron chi connectivity index (χ1n) is 9.43. The van der Waals surface area contributed by atoms with Crippen molar-refractivity contribution in [3.05, 3.63) is 45.9 Å². The molecule has 2 aromatic carbocycles. The molecular weight excluding hydrogens is 518 g/mol. The normalized spacial score (nSPS) is 10.4. The van der Waals surface area contributed by atoms with Gasteiger partial charge >= 0.3 is 0 Å². The third kappa shape index (κ3) is 7.02. The van der Waals surface area contributed by atoms with Gasteiger partial charge < -0.3 is 19.5 Å². The zero-order valence-electron chi connectivity index (χ0n) is 17.2. The molecule has 0 spiro atoms. The maximum atomic E-state index is 12.8. The molecular formula is C22H25Br2NO5. The molecule has 0 aromatic heterocycles. The minimum atomic E-state index is -0.212. The summed E-state index contributed by atoms with van der Waals surface area (Å²) in [5, 5.41) is 3.60. The maximum Gasteiger partial charge on any atom is 0.221 e. The van der Waals surface area contributed by atoms with Gasteiger partial charge in [-0.1, -0.05) is 15.9 Å². The van der Waals surface area contributed by atoms with Crippen LogP contribution in [0.2, 0.25) is 0 Å². The number of benzene rings is 2. The molecule has 6 nitrogen and oxygen atoms in total. The van der Waals surface area contributed by atoms with Gasteiger partial charge in [-0.15, -0.1) is 0 Å². The van der Waals surface area contributed by atoms with Crippen molar-refractivity contribution in [1.29, 1.82) is 0 Å².